The van der Waals surface area contributed by atoms with Gasteiger partial charge in [-0.1, -0.05) is 26.3 Å². The van der Waals surface area contributed by atoms with Crippen molar-refractivity contribution in [1.29, 1.82) is 0 Å². The van der Waals surface area contributed by atoms with Gasteiger partial charge in [0, 0.05) is 31.8 Å². The Bertz CT molecular complexity index is 767. The molecule has 6 heteroatoms. The molecule has 0 aliphatic rings. The standard InChI is InChI=1S/C21H32N4O2/c1-5-6-17(4)14-24(16(2)3)11-12-25-15-22-19-13-18(7-9-20(19)25)8-10-21(26)23-27/h7-10,13,15-17,27H,5-6,11-12,14H2,1-4H3,(H,23,26). The van der Waals surface area contributed by atoms with Crippen molar-refractivity contribution in [1.82, 2.24) is 19.9 Å². The van der Waals surface area contributed by atoms with Crippen molar-refractivity contribution in [2.45, 2.75) is 53.1 Å². The van der Waals surface area contributed by atoms with E-state index in [0.717, 1.165) is 36.2 Å². The molecule has 0 spiro atoms. The van der Waals surface area contributed by atoms with E-state index in [1.165, 1.54) is 18.9 Å². The van der Waals surface area contributed by atoms with Gasteiger partial charge in [-0.05, 0) is 50.0 Å². The van der Waals surface area contributed by atoms with Crippen LogP contribution >= 0.6 is 0 Å². The number of rotatable bonds is 10. The molecule has 148 valence electrons. The minimum absolute atomic E-state index is 0.522. The highest BCUT2D eigenvalue weighted by atomic mass is 16.5. The van der Waals surface area contributed by atoms with Crippen LogP contribution in [0.3, 0.4) is 0 Å². The van der Waals surface area contributed by atoms with E-state index in [1.807, 2.05) is 24.5 Å². The van der Waals surface area contributed by atoms with Crippen molar-refractivity contribution in [2.24, 2.45) is 5.92 Å². The zero-order valence-electron chi connectivity index (χ0n) is 16.9. The number of nitrogens with zero attached hydrogens (tertiary/aromatic N) is 3. The minimum atomic E-state index is -0.549. The van der Waals surface area contributed by atoms with Gasteiger partial charge in [-0.15, -0.1) is 0 Å². The number of nitrogens with one attached hydrogen (secondary N) is 1. The maximum Gasteiger partial charge on any atom is 0.267 e. The quantitative estimate of drug-likeness (QED) is 0.379. The molecule has 2 N–H and O–H groups in total. The van der Waals surface area contributed by atoms with Crippen LogP contribution in [-0.2, 0) is 11.3 Å². The zero-order valence-corrected chi connectivity index (χ0v) is 16.9. The highest BCUT2D eigenvalue weighted by Crippen LogP contribution is 2.17. The van der Waals surface area contributed by atoms with Crippen molar-refractivity contribution in [3.63, 3.8) is 0 Å². The lowest BCUT2D eigenvalue weighted by Gasteiger charge is -2.29. The summed E-state index contributed by atoms with van der Waals surface area (Å²) in [5.74, 6) is 0.161. The molecule has 1 atom stereocenters. The highest BCUT2D eigenvalue weighted by Gasteiger charge is 2.14. The third-order valence-corrected chi connectivity index (χ3v) is 4.87. The summed E-state index contributed by atoms with van der Waals surface area (Å²) in [6.45, 7) is 12.1. The molecule has 0 aliphatic heterocycles. The number of hydrogen-bond acceptors (Lipinski definition) is 4. The Morgan fingerprint density at radius 1 is 1.37 bits per heavy atom. The lowest BCUT2D eigenvalue weighted by Crippen LogP contribution is -2.37. The molecule has 1 amide bonds. The number of benzene rings is 1. The molecule has 1 aromatic heterocycles. The number of fused-ring (bicyclic) bond motifs is 1. The first-order valence-electron chi connectivity index (χ1n) is 9.75. The smallest absolute Gasteiger partial charge is 0.267 e. The third kappa shape index (κ3) is 6.19. The summed E-state index contributed by atoms with van der Waals surface area (Å²) < 4.78 is 2.18. The number of carbonyl (C=O) groups is 1. The van der Waals surface area contributed by atoms with Crippen LogP contribution in [-0.4, -0.2) is 44.7 Å². The van der Waals surface area contributed by atoms with Gasteiger partial charge < -0.3 is 4.57 Å². The predicted octanol–water partition coefficient (Wildman–Crippen LogP) is 3.70. The van der Waals surface area contributed by atoms with Gasteiger partial charge in [0.15, 0.2) is 0 Å². The van der Waals surface area contributed by atoms with E-state index in [-0.39, 0.29) is 0 Å². The van der Waals surface area contributed by atoms with E-state index in [1.54, 1.807) is 11.6 Å². The van der Waals surface area contributed by atoms with Crippen LogP contribution in [0.25, 0.3) is 17.1 Å². The first-order chi connectivity index (χ1) is 12.9. The van der Waals surface area contributed by atoms with E-state index in [9.17, 15) is 4.79 Å². The van der Waals surface area contributed by atoms with E-state index in [4.69, 9.17) is 5.21 Å². The van der Waals surface area contributed by atoms with Crippen LogP contribution in [0, 0.1) is 5.92 Å². The van der Waals surface area contributed by atoms with Gasteiger partial charge in [0.05, 0.1) is 17.4 Å². The molecule has 0 aliphatic carbocycles. The van der Waals surface area contributed by atoms with Crippen LogP contribution in [0.15, 0.2) is 30.6 Å². The van der Waals surface area contributed by atoms with Gasteiger partial charge in [-0.25, -0.2) is 10.5 Å². The van der Waals surface area contributed by atoms with Crippen LogP contribution in [0.2, 0.25) is 0 Å². The van der Waals surface area contributed by atoms with Crippen molar-refractivity contribution in [3.8, 4) is 0 Å². The maximum atomic E-state index is 11.1. The Morgan fingerprint density at radius 2 is 2.15 bits per heavy atom. The van der Waals surface area contributed by atoms with Gasteiger partial charge in [0.1, 0.15) is 0 Å². The average molecular weight is 373 g/mol. The molecule has 27 heavy (non-hydrogen) atoms. The Morgan fingerprint density at radius 3 is 2.81 bits per heavy atom. The second-order valence-corrected chi connectivity index (χ2v) is 7.48. The molecule has 1 unspecified atom stereocenters. The Labute approximate surface area is 161 Å². The molecule has 2 aromatic rings. The average Bonchev–Trinajstić information content (AvgIpc) is 3.05. The Hall–Kier alpha value is -2.18. The van der Waals surface area contributed by atoms with Gasteiger partial charge in [0.2, 0.25) is 0 Å². The molecular formula is C21H32N4O2. The fourth-order valence-electron chi connectivity index (χ4n) is 3.35. The fourth-order valence-corrected chi connectivity index (χ4v) is 3.35. The minimum Gasteiger partial charge on any atom is -0.329 e. The first-order valence-corrected chi connectivity index (χ1v) is 9.75. The third-order valence-electron chi connectivity index (χ3n) is 4.87. The summed E-state index contributed by atoms with van der Waals surface area (Å²) in [5, 5.41) is 8.54. The molecule has 0 bridgehead atoms. The Balaban J connectivity index is 2.05. The summed E-state index contributed by atoms with van der Waals surface area (Å²) in [6, 6.07) is 6.44. The molecule has 2 rings (SSSR count). The van der Waals surface area contributed by atoms with E-state index in [2.05, 4.69) is 42.1 Å². The van der Waals surface area contributed by atoms with Crippen molar-refractivity contribution < 1.29 is 10.0 Å². The SMILES string of the molecule is CCCC(C)CN(CCn1cnc2cc(C=CC(=O)NO)ccc21)C(C)C. The second-order valence-electron chi connectivity index (χ2n) is 7.48. The normalized spacial score (nSPS) is 13.1. The topological polar surface area (TPSA) is 70.4 Å². The first kappa shape index (κ1) is 21.1. The summed E-state index contributed by atoms with van der Waals surface area (Å²) in [6.07, 6.45) is 7.32. The number of amides is 1. The molecule has 0 saturated carbocycles. The lowest BCUT2D eigenvalue weighted by molar-refractivity contribution is -0.124. The van der Waals surface area contributed by atoms with Crippen molar-refractivity contribution >= 4 is 23.0 Å². The van der Waals surface area contributed by atoms with Crippen LogP contribution in [0.4, 0.5) is 0 Å². The maximum absolute atomic E-state index is 11.1. The van der Waals surface area contributed by atoms with E-state index in [0.29, 0.717) is 12.0 Å². The molecule has 1 aromatic carbocycles. The summed E-state index contributed by atoms with van der Waals surface area (Å²) >= 11 is 0. The van der Waals surface area contributed by atoms with Gasteiger partial charge in [-0.3, -0.25) is 14.9 Å². The number of hydroxylamine groups is 1. The number of aromatic nitrogens is 2. The molecular weight excluding hydrogens is 340 g/mol. The predicted molar refractivity (Wildman–Crippen MR) is 109 cm³/mol. The second kappa shape index (κ2) is 10.2. The zero-order chi connectivity index (χ0) is 19.8. The van der Waals surface area contributed by atoms with Crippen LogP contribution < -0.4 is 5.48 Å². The summed E-state index contributed by atoms with van der Waals surface area (Å²) in [7, 11) is 0. The van der Waals surface area contributed by atoms with Crippen molar-refractivity contribution in [3.05, 3.63) is 36.2 Å². The van der Waals surface area contributed by atoms with Crippen LogP contribution in [0.5, 0.6) is 0 Å². The largest absolute Gasteiger partial charge is 0.329 e. The molecule has 0 fully saturated rings. The monoisotopic (exact) mass is 372 g/mol. The summed E-state index contributed by atoms with van der Waals surface area (Å²) in [4.78, 5) is 18.1. The van der Waals surface area contributed by atoms with Crippen molar-refractivity contribution in [2.75, 3.05) is 13.1 Å². The number of imidazole rings is 1. The van der Waals surface area contributed by atoms with E-state index >= 15 is 0 Å². The van der Waals surface area contributed by atoms with Gasteiger partial charge >= 0.3 is 0 Å². The Kier molecular flexibility index (Phi) is 8.00. The van der Waals surface area contributed by atoms with Crippen LogP contribution in [0.1, 0.15) is 46.1 Å². The number of hydrogen-bond donors (Lipinski definition) is 2. The summed E-state index contributed by atoms with van der Waals surface area (Å²) in [5.41, 5.74) is 4.44. The van der Waals surface area contributed by atoms with E-state index < -0.39 is 5.91 Å². The highest BCUT2D eigenvalue weighted by molar-refractivity contribution is 5.91. The molecule has 0 radical (unpaired) electrons. The van der Waals surface area contributed by atoms with Gasteiger partial charge in [0.25, 0.3) is 5.91 Å². The number of carbonyl (C=O) groups excluding carboxylic acids is 1. The molecule has 1 heterocycles. The molecule has 0 saturated heterocycles. The van der Waals surface area contributed by atoms with Gasteiger partial charge in [-0.2, -0.15) is 0 Å². The lowest BCUT2D eigenvalue weighted by atomic mass is 10.0. The fraction of sp³-hybridized carbons (Fsp3) is 0.524. The molecule has 6 nitrogen and oxygen atoms in total.